The minimum Gasteiger partial charge on any atom is -0.598 e. The van der Waals surface area contributed by atoms with E-state index < -0.39 is 11.4 Å². The van der Waals surface area contributed by atoms with Crippen molar-refractivity contribution >= 4 is 17.3 Å². The maximum Gasteiger partial charge on any atom is 0.226 e. The molecule has 0 bridgehead atoms. The van der Waals surface area contributed by atoms with Crippen molar-refractivity contribution in [3.05, 3.63) is 12.3 Å². The molecule has 0 aliphatic carbocycles. The van der Waals surface area contributed by atoms with Gasteiger partial charge in [-0.3, -0.25) is 0 Å². The van der Waals surface area contributed by atoms with Crippen molar-refractivity contribution in [3.8, 4) is 5.88 Å². The van der Waals surface area contributed by atoms with Gasteiger partial charge < -0.3 is 15.0 Å². The van der Waals surface area contributed by atoms with Gasteiger partial charge >= 0.3 is 0 Å². The fourth-order valence-corrected chi connectivity index (χ4v) is 2.58. The first-order valence-corrected chi connectivity index (χ1v) is 7.03. The zero-order chi connectivity index (χ0) is 12.3. The minimum absolute atomic E-state index is 0.0328. The Bertz CT molecular complexity index is 369. The molecule has 7 heteroatoms. The molecule has 2 heterocycles. The van der Waals surface area contributed by atoms with Gasteiger partial charge in [0.1, 0.15) is 6.26 Å². The summed E-state index contributed by atoms with van der Waals surface area (Å²) in [6.07, 6.45) is 5.02. The van der Waals surface area contributed by atoms with Gasteiger partial charge in [-0.25, -0.2) is 4.98 Å². The van der Waals surface area contributed by atoms with E-state index in [1.165, 1.54) is 12.3 Å². The Morgan fingerprint density at radius 3 is 2.82 bits per heavy atom. The van der Waals surface area contributed by atoms with Gasteiger partial charge in [0.25, 0.3) is 0 Å². The van der Waals surface area contributed by atoms with Crippen LogP contribution in [0, 0.1) is 0 Å². The molecule has 94 valence electrons. The molecule has 0 spiro atoms. The summed E-state index contributed by atoms with van der Waals surface area (Å²) >= 11 is -0.883. The van der Waals surface area contributed by atoms with Crippen LogP contribution in [0.3, 0.4) is 0 Å². The molecule has 0 radical (unpaired) electrons. The SMILES string of the molecule is C[S+]([O-])N1CCC(Nc2nccc(O)n2)CC1. The number of hydrogen-bond acceptors (Lipinski definition) is 6. The molecule has 1 atom stereocenters. The number of piperidine rings is 1. The predicted octanol–water partition coefficient (Wildman–Crippen LogP) is 0.352. The van der Waals surface area contributed by atoms with Crippen LogP contribution in [0.2, 0.25) is 0 Å². The molecular weight excluding hydrogens is 240 g/mol. The molecule has 2 N–H and O–H groups in total. The molecule has 1 aromatic heterocycles. The molecule has 1 unspecified atom stereocenters. The molecule has 1 aliphatic rings. The second-order valence-electron chi connectivity index (χ2n) is 4.01. The summed E-state index contributed by atoms with van der Waals surface area (Å²) in [5.41, 5.74) is 0. The summed E-state index contributed by atoms with van der Waals surface area (Å²) in [5.74, 6) is 0.413. The Morgan fingerprint density at radius 1 is 1.53 bits per heavy atom. The van der Waals surface area contributed by atoms with Crippen molar-refractivity contribution in [2.45, 2.75) is 18.9 Å². The van der Waals surface area contributed by atoms with Gasteiger partial charge in [-0.2, -0.15) is 4.98 Å². The molecule has 6 nitrogen and oxygen atoms in total. The summed E-state index contributed by atoms with van der Waals surface area (Å²) in [6, 6.07) is 1.71. The number of aromatic nitrogens is 2. The van der Waals surface area contributed by atoms with Crippen LogP contribution < -0.4 is 5.32 Å². The van der Waals surface area contributed by atoms with Crippen molar-refractivity contribution in [2.75, 3.05) is 24.7 Å². The molecule has 1 aromatic rings. The Balaban J connectivity index is 1.86. The number of rotatable bonds is 3. The molecule has 0 aromatic carbocycles. The summed E-state index contributed by atoms with van der Waals surface area (Å²) in [4.78, 5) is 7.91. The predicted molar refractivity (Wildman–Crippen MR) is 66.0 cm³/mol. The molecule has 1 aliphatic heterocycles. The van der Waals surface area contributed by atoms with Crippen molar-refractivity contribution in [3.63, 3.8) is 0 Å². The third kappa shape index (κ3) is 3.45. The third-order valence-corrected chi connectivity index (χ3v) is 3.88. The van der Waals surface area contributed by atoms with E-state index in [9.17, 15) is 9.66 Å². The lowest BCUT2D eigenvalue weighted by Crippen LogP contribution is -2.42. The maximum absolute atomic E-state index is 11.3. The van der Waals surface area contributed by atoms with Crippen LogP contribution in [0.5, 0.6) is 5.88 Å². The topological polar surface area (TPSA) is 84.3 Å². The van der Waals surface area contributed by atoms with Crippen LogP contribution in [0.15, 0.2) is 12.3 Å². The van der Waals surface area contributed by atoms with Crippen LogP contribution in [0.1, 0.15) is 12.8 Å². The Labute approximate surface area is 103 Å². The number of anilines is 1. The average Bonchev–Trinajstić information content (AvgIpc) is 2.29. The zero-order valence-corrected chi connectivity index (χ0v) is 10.5. The van der Waals surface area contributed by atoms with Crippen LogP contribution in [-0.2, 0) is 11.4 Å². The minimum atomic E-state index is -0.883. The molecule has 1 saturated heterocycles. The Kier molecular flexibility index (Phi) is 4.03. The monoisotopic (exact) mass is 256 g/mol. The highest BCUT2D eigenvalue weighted by molar-refractivity contribution is 7.88. The van der Waals surface area contributed by atoms with E-state index in [0.717, 1.165) is 25.9 Å². The summed E-state index contributed by atoms with van der Waals surface area (Å²) < 4.78 is 13.2. The highest BCUT2D eigenvalue weighted by Gasteiger charge is 2.24. The summed E-state index contributed by atoms with van der Waals surface area (Å²) in [6.45, 7) is 1.61. The van der Waals surface area contributed by atoms with E-state index in [4.69, 9.17) is 0 Å². The van der Waals surface area contributed by atoms with Gasteiger partial charge in [-0.05, 0) is 12.8 Å². The maximum atomic E-state index is 11.3. The quantitative estimate of drug-likeness (QED) is 0.759. The van der Waals surface area contributed by atoms with Gasteiger partial charge in [0, 0.05) is 42.8 Å². The highest BCUT2D eigenvalue weighted by atomic mass is 32.2. The summed E-state index contributed by atoms with van der Waals surface area (Å²) in [5, 5.41) is 12.4. The van der Waals surface area contributed by atoms with Crippen LogP contribution >= 0.6 is 0 Å². The summed E-state index contributed by atoms with van der Waals surface area (Å²) in [7, 11) is 0. The lowest BCUT2D eigenvalue weighted by Gasteiger charge is -2.30. The number of aromatic hydroxyl groups is 1. The van der Waals surface area contributed by atoms with Crippen molar-refractivity contribution in [1.82, 2.24) is 14.3 Å². The van der Waals surface area contributed by atoms with E-state index in [2.05, 4.69) is 15.3 Å². The lowest BCUT2D eigenvalue weighted by molar-refractivity contribution is 0.331. The molecule has 0 saturated carbocycles. The normalized spacial score (nSPS) is 20.1. The van der Waals surface area contributed by atoms with Crippen molar-refractivity contribution < 1.29 is 9.66 Å². The number of nitrogens with one attached hydrogen (secondary N) is 1. The van der Waals surface area contributed by atoms with E-state index >= 15 is 0 Å². The fourth-order valence-electron chi connectivity index (χ4n) is 1.86. The fraction of sp³-hybridized carbons (Fsp3) is 0.600. The number of hydrogen-bond donors (Lipinski definition) is 2. The Morgan fingerprint density at radius 2 is 2.24 bits per heavy atom. The van der Waals surface area contributed by atoms with Crippen LogP contribution in [0.25, 0.3) is 0 Å². The third-order valence-electron chi connectivity index (χ3n) is 2.79. The molecule has 2 rings (SSSR count). The first-order chi connectivity index (χ1) is 8.15. The second kappa shape index (κ2) is 5.52. The van der Waals surface area contributed by atoms with Gasteiger partial charge in [0.2, 0.25) is 11.8 Å². The first kappa shape index (κ1) is 12.4. The van der Waals surface area contributed by atoms with Gasteiger partial charge in [0.15, 0.2) is 0 Å². The van der Waals surface area contributed by atoms with E-state index in [1.807, 2.05) is 4.31 Å². The zero-order valence-electron chi connectivity index (χ0n) is 9.67. The van der Waals surface area contributed by atoms with E-state index in [-0.39, 0.29) is 11.9 Å². The van der Waals surface area contributed by atoms with E-state index in [1.54, 1.807) is 6.26 Å². The largest absolute Gasteiger partial charge is 0.598 e. The second-order valence-corrected chi connectivity index (χ2v) is 5.37. The molecule has 0 amide bonds. The van der Waals surface area contributed by atoms with E-state index in [0.29, 0.717) is 5.95 Å². The number of nitrogens with zero attached hydrogens (tertiary/aromatic N) is 3. The molecule has 17 heavy (non-hydrogen) atoms. The lowest BCUT2D eigenvalue weighted by atomic mass is 10.1. The molecular formula is C10H16N4O2S. The molecule has 1 fully saturated rings. The van der Waals surface area contributed by atoms with Gasteiger partial charge in [0.05, 0.1) is 0 Å². The Hall–Kier alpha value is -1.05. The van der Waals surface area contributed by atoms with Gasteiger partial charge in [-0.1, -0.05) is 0 Å². The highest BCUT2D eigenvalue weighted by Crippen LogP contribution is 2.16. The van der Waals surface area contributed by atoms with Crippen molar-refractivity contribution in [2.24, 2.45) is 0 Å². The smallest absolute Gasteiger partial charge is 0.226 e. The van der Waals surface area contributed by atoms with Crippen molar-refractivity contribution in [1.29, 1.82) is 0 Å². The first-order valence-electron chi connectivity index (χ1n) is 5.52. The average molecular weight is 256 g/mol. The van der Waals surface area contributed by atoms with Crippen LogP contribution in [-0.4, -0.2) is 49.3 Å². The van der Waals surface area contributed by atoms with Crippen LogP contribution in [0.4, 0.5) is 5.95 Å². The van der Waals surface area contributed by atoms with Gasteiger partial charge in [-0.15, -0.1) is 4.31 Å². The standard InChI is InChI=1S/C10H16N4O2S/c1-17(16)14-6-3-8(4-7-14)12-10-11-5-2-9(15)13-10/h2,5,8H,3-4,6-7H2,1H3,(H2,11,12,13,15).